The van der Waals surface area contributed by atoms with Gasteiger partial charge in [0.05, 0.1) is 17.7 Å². The van der Waals surface area contributed by atoms with E-state index in [1.165, 1.54) is 17.5 Å². The average Bonchev–Trinajstić information content (AvgIpc) is 2.55. The molecule has 3 rings (SSSR count). The molecule has 3 heteroatoms. The van der Waals surface area contributed by atoms with Gasteiger partial charge >= 0.3 is 0 Å². The number of nitrogens with zero attached hydrogens (tertiary/aromatic N) is 2. The molecule has 1 amide bonds. The predicted molar refractivity (Wildman–Crippen MR) is 90.4 cm³/mol. The van der Waals surface area contributed by atoms with Crippen molar-refractivity contribution < 1.29 is 4.79 Å². The summed E-state index contributed by atoms with van der Waals surface area (Å²) in [5.74, 6) is 0.244. The molecule has 0 N–H and O–H groups in total. The molecule has 0 radical (unpaired) electrons. The highest BCUT2D eigenvalue weighted by Crippen LogP contribution is 2.30. The van der Waals surface area contributed by atoms with Crippen LogP contribution in [0.15, 0.2) is 29.3 Å². The Kier molecular flexibility index (Phi) is 4.32. The molecule has 2 aliphatic rings. The third-order valence-electron chi connectivity index (χ3n) is 5.09. The molecular formula is C19H26N2O. The Balaban J connectivity index is 1.84. The molecule has 3 nitrogen and oxygen atoms in total. The topological polar surface area (TPSA) is 32.7 Å². The first kappa shape index (κ1) is 15.3. The second kappa shape index (κ2) is 6.23. The lowest BCUT2D eigenvalue weighted by atomic mass is 9.83. The van der Waals surface area contributed by atoms with Crippen LogP contribution in [-0.2, 0) is 11.2 Å². The molecule has 1 aromatic carbocycles. The van der Waals surface area contributed by atoms with E-state index >= 15 is 0 Å². The van der Waals surface area contributed by atoms with E-state index in [-0.39, 0.29) is 11.4 Å². The van der Waals surface area contributed by atoms with E-state index in [1.807, 2.05) is 11.0 Å². The number of fused-ring (bicyclic) bond motifs is 1. The number of carbonyl (C=O) groups is 1. The lowest BCUT2D eigenvalue weighted by Crippen LogP contribution is -2.38. The molecule has 0 saturated carbocycles. The van der Waals surface area contributed by atoms with Crippen LogP contribution in [-0.4, -0.2) is 35.1 Å². The molecule has 2 heterocycles. The summed E-state index contributed by atoms with van der Waals surface area (Å²) < 4.78 is 0. The highest BCUT2D eigenvalue weighted by molar-refractivity contribution is 6.12. The first-order valence-corrected chi connectivity index (χ1v) is 8.56. The van der Waals surface area contributed by atoms with Crippen molar-refractivity contribution in [1.29, 1.82) is 0 Å². The fourth-order valence-corrected chi connectivity index (χ4v) is 3.53. The molecule has 1 aromatic rings. The normalized spacial score (nSPS) is 24.6. The number of carbonyl (C=O) groups excluding carboxylic acids is 1. The summed E-state index contributed by atoms with van der Waals surface area (Å²) in [5, 5.41) is 0. The van der Waals surface area contributed by atoms with Gasteiger partial charge in [0.15, 0.2) is 0 Å². The van der Waals surface area contributed by atoms with Gasteiger partial charge in [-0.3, -0.25) is 9.79 Å². The van der Waals surface area contributed by atoms with Gasteiger partial charge in [-0.25, -0.2) is 0 Å². The number of hydrogen-bond acceptors (Lipinski definition) is 2. The Morgan fingerprint density at radius 1 is 1.23 bits per heavy atom. The SMILES string of the molecule is CC[C@@]1(C)Cc2ccccc2C(CC(=O)N2CCCCC2)=N1. The predicted octanol–water partition coefficient (Wildman–Crippen LogP) is 3.60. The van der Waals surface area contributed by atoms with Crippen LogP contribution in [0, 0.1) is 0 Å². The quantitative estimate of drug-likeness (QED) is 0.839. The highest BCUT2D eigenvalue weighted by atomic mass is 16.2. The van der Waals surface area contributed by atoms with Gasteiger partial charge in [0, 0.05) is 13.1 Å². The van der Waals surface area contributed by atoms with E-state index in [1.54, 1.807) is 0 Å². The molecule has 0 spiro atoms. The number of benzene rings is 1. The van der Waals surface area contributed by atoms with Crippen LogP contribution in [0.25, 0.3) is 0 Å². The van der Waals surface area contributed by atoms with E-state index < -0.39 is 0 Å². The molecule has 2 aliphatic heterocycles. The third-order valence-corrected chi connectivity index (χ3v) is 5.09. The largest absolute Gasteiger partial charge is 0.342 e. The summed E-state index contributed by atoms with van der Waals surface area (Å²) in [6.07, 6.45) is 5.96. The van der Waals surface area contributed by atoms with Crippen molar-refractivity contribution in [2.45, 2.75) is 57.9 Å². The lowest BCUT2D eigenvalue weighted by Gasteiger charge is -2.33. The minimum Gasteiger partial charge on any atom is -0.342 e. The van der Waals surface area contributed by atoms with Gasteiger partial charge in [-0.05, 0) is 50.2 Å². The number of rotatable bonds is 3. The minimum atomic E-state index is -0.0636. The van der Waals surface area contributed by atoms with E-state index in [0.717, 1.165) is 44.5 Å². The summed E-state index contributed by atoms with van der Waals surface area (Å²) in [5.41, 5.74) is 3.44. The van der Waals surface area contributed by atoms with Gasteiger partial charge < -0.3 is 4.90 Å². The van der Waals surface area contributed by atoms with Crippen molar-refractivity contribution >= 4 is 11.6 Å². The van der Waals surface area contributed by atoms with Gasteiger partial charge in [0.2, 0.25) is 5.91 Å². The Hall–Kier alpha value is -1.64. The second-order valence-corrected chi connectivity index (χ2v) is 6.86. The second-order valence-electron chi connectivity index (χ2n) is 6.86. The number of hydrogen-bond donors (Lipinski definition) is 0. The minimum absolute atomic E-state index is 0.0636. The molecular weight excluding hydrogens is 272 g/mol. The van der Waals surface area contributed by atoms with Crippen LogP contribution >= 0.6 is 0 Å². The zero-order valence-electron chi connectivity index (χ0n) is 13.8. The molecule has 1 fully saturated rings. The molecule has 0 aliphatic carbocycles. The van der Waals surface area contributed by atoms with Crippen LogP contribution < -0.4 is 0 Å². The fourth-order valence-electron chi connectivity index (χ4n) is 3.53. The van der Waals surface area contributed by atoms with Crippen molar-refractivity contribution in [3.8, 4) is 0 Å². The molecule has 0 bridgehead atoms. The highest BCUT2D eigenvalue weighted by Gasteiger charge is 2.30. The Bertz CT molecular complexity index is 587. The summed E-state index contributed by atoms with van der Waals surface area (Å²) >= 11 is 0. The number of amides is 1. The molecule has 1 saturated heterocycles. The Morgan fingerprint density at radius 3 is 2.68 bits per heavy atom. The van der Waals surface area contributed by atoms with Gasteiger partial charge in [-0.2, -0.15) is 0 Å². The number of likely N-dealkylation sites (tertiary alicyclic amines) is 1. The maximum atomic E-state index is 12.6. The van der Waals surface area contributed by atoms with E-state index in [0.29, 0.717) is 6.42 Å². The first-order valence-electron chi connectivity index (χ1n) is 8.56. The summed E-state index contributed by atoms with van der Waals surface area (Å²) in [7, 11) is 0. The van der Waals surface area contributed by atoms with Gasteiger partial charge in [-0.1, -0.05) is 31.2 Å². The van der Waals surface area contributed by atoms with E-state index in [9.17, 15) is 4.79 Å². The van der Waals surface area contributed by atoms with Crippen molar-refractivity contribution in [3.63, 3.8) is 0 Å². The number of aliphatic imine (C=N–C) groups is 1. The smallest absolute Gasteiger partial charge is 0.228 e. The monoisotopic (exact) mass is 298 g/mol. The molecule has 0 unspecified atom stereocenters. The van der Waals surface area contributed by atoms with Crippen molar-refractivity contribution in [3.05, 3.63) is 35.4 Å². The van der Waals surface area contributed by atoms with E-state index in [2.05, 4.69) is 32.0 Å². The lowest BCUT2D eigenvalue weighted by molar-refractivity contribution is -0.130. The summed E-state index contributed by atoms with van der Waals surface area (Å²) in [6, 6.07) is 8.44. The molecule has 0 aromatic heterocycles. The van der Waals surface area contributed by atoms with Crippen LogP contribution in [0.4, 0.5) is 0 Å². The van der Waals surface area contributed by atoms with Crippen LogP contribution in [0.5, 0.6) is 0 Å². The van der Waals surface area contributed by atoms with Crippen LogP contribution in [0.2, 0.25) is 0 Å². The Labute approximate surface area is 133 Å². The standard InChI is InChI=1S/C19H26N2O/c1-3-19(2)14-15-9-5-6-10-16(15)17(20-19)13-18(22)21-11-7-4-8-12-21/h5-6,9-10H,3-4,7-8,11-14H2,1-2H3/t19-/m0/s1. The van der Waals surface area contributed by atoms with Gasteiger partial charge in [0.25, 0.3) is 0 Å². The number of piperidine rings is 1. The van der Waals surface area contributed by atoms with Crippen LogP contribution in [0.1, 0.15) is 57.1 Å². The zero-order chi connectivity index (χ0) is 15.6. The van der Waals surface area contributed by atoms with Gasteiger partial charge in [0.1, 0.15) is 0 Å². The molecule has 118 valence electrons. The Morgan fingerprint density at radius 2 is 1.95 bits per heavy atom. The third kappa shape index (κ3) is 3.08. The maximum absolute atomic E-state index is 12.6. The summed E-state index contributed by atoms with van der Waals surface area (Å²) in [4.78, 5) is 19.6. The average molecular weight is 298 g/mol. The van der Waals surface area contributed by atoms with Crippen LogP contribution in [0.3, 0.4) is 0 Å². The molecule has 1 atom stereocenters. The van der Waals surface area contributed by atoms with E-state index in [4.69, 9.17) is 4.99 Å². The van der Waals surface area contributed by atoms with Crippen molar-refractivity contribution in [2.24, 2.45) is 4.99 Å². The van der Waals surface area contributed by atoms with Gasteiger partial charge in [-0.15, -0.1) is 0 Å². The molecule has 22 heavy (non-hydrogen) atoms. The van der Waals surface area contributed by atoms with Crippen molar-refractivity contribution in [2.75, 3.05) is 13.1 Å². The first-order chi connectivity index (χ1) is 10.6. The van der Waals surface area contributed by atoms with Crippen molar-refractivity contribution in [1.82, 2.24) is 4.90 Å². The fraction of sp³-hybridized carbons (Fsp3) is 0.579. The maximum Gasteiger partial charge on any atom is 0.228 e. The summed E-state index contributed by atoms with van der Waals surface area (Å²) in [6.45, 7) is 6.22. The zero-order valence-corrected chi connectivity index (χ0v) is 13.8.